The van der Waals surface area contributed by atoms with E-state index in [1.807, 2.05) is 36.6 Å². The number of nitrogens with zero attached hydrogens (tertiary/aromatic N) is 2. The molecule has 0 fully saturated rings. The second-order valence-corrected chi connectivity index (χ2v) is 5.26. The Morgan fingerprint density at radius 1 is 1.42 bits per heavy atom. The van der Waals surface area contributed by atoms with Gasteiger partial charge in [0.1, 0.15) is 0 Å². The number of carbonyl (C=O) groups excluding carboxylic acids is 1. The van der Waals surface area contributed by atoms with Crippen molar-refractivity contribution >= 4 is 34.1 Å². The number of carbonyl (C=O) groups is 1. The zero-order valence-electron chi connectivity index (χ0n) is 10.3. The predicted octanol–water partition coefficient (Wildman–Crippen LogP) is 2.51. The number of aromatic nitrogens is 3. The molecule has 0 unspecified atom stereocenters. The van der Waals surface area contributed by atoms with E-state index in [9.17, 15) is 4.79 Å². The lowest BCUT2D eigenvalue weighted by Crippen LogP contribution is -2.14. The molecule has 19 heavy (non-hydrogen) atoms. The maximum Gasteiger partial charge on any atom is 0.230 e. The van der Waals surface area contributed by atoms with Crippen LogP contribution < -0.4 is 5.32 Å². The van der Waals surface area contributed by atoms with Crippen LogP contribution in [-0.4, -0.2) is 21.1 Å². The zero-order chi connectivity index (χ0) is 13.2. The molecule has 3 aromatic rings. The fourth-order valence-corrected chi connectivity index (χ4v) is 2.55. The molecule has 2 N–H and O–H groups in total. The first-order valence-corrected chi connectivity index (χ1v) is 6.74. The topological polar surface area (TPSA) is 70.7 Å². The van der Waals surface area contributed by atoms with Gasteiger partial charge in [0.2, 0.25) is 5.91 Å². The van der Waals surface area contributed by atoms with Gasteiger partial charge < -0.3 is 5.32 Å². The van der Waals surface area contributed by atoms with Gasteiger partial charge in [0.25, 0.3) is 0 Å². The van der Waals surface area contributed by atoms with Crippen LogP contribution in [0.4, 0.5) is 5.82 Å². The molecule has 0 aliphatic heterocycles. The average molecular weight is 272 g/mol. The summed E-state index contributed by atoms with van der Waals surface area (Å²) in [7, 11) is 0. The number of nitrogens with one attached hydrogen (secondary N) is 2. The summed E-state index contributed by atoms with van der Waals surface area (Å²) in [5.41, 5.74) is 1.60. The number of fused-ring (bicyclic) bond motifs is 1. The van der Waals surface area contributed by atoms with Gasteiger partial charge in [-0.2, -0.15) is 5.10 Å². The van der Waals surface area contributed by atoms with E-state index in [-0.39, 0.29) is 5.91 Å². The Balaban J connectivity index is 1.79. The van der Waals surface area contributed by atoms with Crippen LogP contribution in [0.15, 0.2) is 29.6 Å². The lowest BCUT2D eigenvalue weighted by molar-refractivity contribution is -0.115. The molecule has 0 radical (unpaired) electrons. The summed E-state index contributed by atoms with van der Waals surface area (Å²) in [5.74, 6) is 0.459. The maximum absolute atomic E-state index is 11.9. The number of hydrogen-bond donors (Lipinski definition) is 2. The quantitative estimate of drug-likeness (QED) is 0.769. The second-order valence-electron chi connectivity index (χ2n) is 4.23. The molecular formula is C13H12N4OS. The van der Waals surface area contributed by atoms with E-state index in [0.29, 0.717) is 17.9 Å². The molecule has 3 aromatic heterocycles. The number of hydrogen-bond acceptors (Lipinski definition) is 4. The fraction of sp³-hybridized carbons (Fsp3) is 0.154. The Labute approximate surface area is 113 Å². The number of H-pyrrole nitrogens is 1. The van der Waals surface area contributed by atoms with Gasteiger partial charge in [0, 0.05) is 10.6 Å². The van der Waals surface area contributed by atoms with Crippen LogP contribution >= 0.6 is 11.3 Å². The number of rotatable bonds is 3. The first-order valence-electron chi connectivity index (χ1n) is 5.86. The Kier molecular flexibility index (Phi) is 3.00. The molecule has 0 saturated heterocycles. The van der Waals surface area contributed by atoms with E-state index >= 15 is 0 Å². The fourth-order valence-electron chi connectivity index (χ4n) is 1.85. The summed E-state index contributed by atoms with van der Waals surface area (Å²) in [6.45, 7) is 1.91. The van der Waals surface area contributed by atoms with E-state index in [4.69, 9.17) is 0 Å². The molecule has 0 aliphatic carbocycles. The lowest BCUT2D eigenvalue weighted by atomic mass is 10.3. The van der Waals surface area contributed by atoms with Gasteiger partial charge in [-0.05, 0) is 30.5 Å². The maximum atomic E-state index is 11.9. The van der Waals surface area contributed by atoms with Crippen LogP contribution in [0.5, 0.6) is 0 Å². The van der Waals surface area contributed by atoms with Crippen molar-refractivity contribution in [3.8, 4) is 0 Å². The Morgan fingerprint density at radius 2 is 2.32 bits per heavy atom. The number of thiophene rings is 1. The highest BCUT2D eigenvalue weighted by atomic mass is 32.1. The monoisotopic (exact) mass is 272 g/mol. The Bertz CT molecular complexity index is 717. The number of aryl methyl sites for hydroxylation is 1. The van der Waals surface area contributed by atoms with Crippen LogP contribution in [0.3, 0.4) is 0 Å². The van der Waals surface area contributed by atoms with Crippen molar-refractivity contribution in [2.24, 2.45) is 0 Å². The van der Waals surface area contributed by atoms with Crippen molar-refractivity contribution in [1.82, 2.24) is 15.2 Å². The van der Waals surface area contributed by atoms with Gasteiger partial charge in [-0.1, -0.05) is 6.07 Å². The van der Waals surface area contributed by atoms with Crippen LogP contribution in [-0.2, 0) is 11.2 Å². The minimum Gasteiger partial charge on any atom is -0.308 e. The van der Waals surface area contributed by atoms with Gasteiger partial charge in [0.15, 0.2) is 11.5 Å². The molecule has 96 valence electrons. The molecule has 0 aromatic carbocycles. The summed E-state index contributed by atoms with van der Waals surface area (Å²) in [4.78, 5) is 17.3. The van der Waals surface area contributed by atoms with E-state index in [1.54, 1.807) is 11.3 Å². The predicted molar refractivity (Wildman–Crippen MR) is 75.3 cm³/mol. The number of anilines is 1. The van der Waals surface area contributed by atoms with Gasteiger partial charge in [-0.3, -0.25) is 9.89 Å². The normalized spacial score (nSPS) is 10.8. The van der Waals surface area contributed by atoms with Crippen molar-refractivity contribution in [1.29, 1.82) is 0 Å². The largest absolute Gasteiger partial charge is 0.308 e. The average Bonchev–Trinajstić information content (AvgIpc) is 2.99. The molecule has 3 heterocycles. The molecular weight excluding hydrogens is 260 g/mol. The summed E-state index contributed by atoms with van der Waals surface area (Å²) in [6.07, 6.45) is 0.366. The van der Waals surface area contributed by atoms with Crippen LogP contribution in [0.1, 0.15) is 10.6 Å². The second kappa shape index (κ2) is 4.81. The van der Waals surface area contributed by atoms with Crippen molar-refractivity contribution in [2.45, 2.75) is 13.3 Å². The third-order valence-electron chi connectivity index (χ3n) is 2.74. The van der Waals surface area contributed by atoms with Gasteiger partial charge >= 0.3 is 0 Å². The lowest BCUT2D eigenvalue weighted by Gasteiger charge is -2.01. The minimum atomic E-state index is -0.0728. The van der Waals surface area contributed by atoms with E-state index in [2.05, 4.69) is 20.5 Å². The molecule has 0 saturated carbocycles. The standard InChI is InChI=1S/C13H12N4OS/c1-8-4-5-10-12(14-8)16-17-13(10)15-11(18)7-9-3-2-6-19-9/h2-6H,7H2,1H3,(H2,14,15,16,17,18). The highest BCUT2D eigenvalue weighted by molar-refractivity contribution is 7.10. The first kappa shape index (κ1) is 11.9. The summed E-state index contributed by atoms with van der Waals surface area (Å²) in [6, 6.07) is 7.68. The first-order chi connectivity index (χ1) is 9.22. The Hall–Kier alpha value is -2.21. The number of aromatic amines is 1. The molecule has 0 atom stereocenters. The van der Waals surface area contributed by atoms with E-state index in [1.165, 1.54) is 0 Å². The van der Waals surface area contributed by atoms with Crippen molar-refractivity contribution < 1.29 is 4.79 Å². The van der Waals surface area contributed by atoms with Crippen LogP contribution in [0.2, 0.25) is 0 Å². The molecule has 5 nitrogen and oxygen atoms in total. The van der Waals surface area contributed by atoms with Crippen LogP contribution in [0, 0.1) is 6.92 Å². The van der Waals surface area contributed by atoms with Gasteiger partial charge in [-0.15, -0.1) is 11.3 Å². The smallest absolute Gasteiger partial charge is 0.230 e. The molecule has 0 spiro atoms. The minimum absolute atomic E-state index is 0.0728. The van der Waals surface area contributed by atoms with E-state index < -0.39 is 0 Å². The third-order valence-corrected chi connectivity index (χ3v) is 3.61. The molecule has 6 heteroatoms. The highest BCUT2D eigenvalue weighted by Gasteiger charge is 2.11. The summed E-state index contributed by atoms with van der Waals surface area (Å²) in [5, 5.41) is 12.5. The summed E-state index contributed by atoms with van der Waals surface area (Å²) >= 11 is 1.57. The van der Waals surface area contributed by atoms with Gasteiger partial charge in [0.05, 0.1) is 11.8 Å². The van der Waals surface area contributed by atoms with Gasteiger partial charge in [-0.25, -0.2) is 4.98 Å². The Morgan fingerprint density at radius 3 is 3.11 bits per heavy atom. The van der Waals surface area contributed by atoms with Crippen molar-refractivity contribution in [3.63, 3.8) is 0 Å². The number of pyridine rings is 1. The molecule has 0 bridgehead atoms. The molecule has 1 amide bonds. The highest BCUT2D eigenvalue weighted by Crippen LogP contribution is 2.19. The third kappa shape index (κ3) is 2.48. The molecule has 3 rings (SSSR count). The van der Waals surface area contributed by atoms with Crippen LogP contribution in [0.25, 0.3) is 11.0 Å². The van der Waals surface area contributed by atoms with Crippen molar-refractivity contribution in [3.05, 3.63) is 40.2 Å². The SMILES string of the molecule is Cc1ccc2c(NC(=O)Cc3cccs3)n[nH]c2n1. The zero-order valence-corrected chi connectivity index (χ0v) is 11.1. The van der Waals surface area contributed by atoms with E-state index in [0.717, 1.165) is 16.0 Å². The molecule has 0 aliphatic rings. The van der Waals surface area contributed by atoms with Crippen molar-refractivity contribution in [2.75, 3.05) is 5.32 Å². The summed E-state index contributed by atoms with van der Waals surface area (Å²) < 4.78 is 0. The number of amides is 1.